The highest BCUT2D eigenvalue weighted by Crippen LogP contribution is 2.43. The van der Waals surface area contributed by atoms with E-state index in [4.69, 9.17) is 4.99 Å². The minimum Gasteiger partial charge on any atom is -0.355 e. The molecule has 2 aliphatic rings. The number of anilines is 2. The molecule has 1 aromatic carbocycles. The molecule has 7 nitrogen and oxygen atoms in total. The molecule has 2 aromatic heterocycles. The van der Waals surface area contributed by atoms with Crippen LogP contribution in [0.5, 0.6) is 0 Å². The van der Waals surface area contributed by atoms with Crippen molar-refractivity contribution in [3.05, 3.63) is 77.2 Å². The molecule has 1 aliphatic heterocycles. The zero-order chi connectivity index (χ0) is 25.1. The topological polar surface area (TPSA) is 77.8 Å². The largest absolute Gasteiger partial charge is 0.355 e. The number of aliphatic imine (C=N–C) groups is 2. The Hall–Kier alpha value is -3.72. The number of amidine groups is 1. The van der Waals surface area contributed by atoms with Gasteiger partial charge in [0.1, 0.15) is 29.0 Å². The van der Waals surface area contributed by atoms with E-state index in [2.05, 4.69) is 44.3 Å². The molecule has 2 N–H and O–H groups in total. The predicted molar refractivity (Wildman–Crippen MR) is 139 cm³/mol. The molecule has 3 heterocycles. The van der Waals surface area contributed by atoms with Crippen molar-refractivity contribution in [1.29, 1.82) is 0 Å². The summed E-state index contributed by atoms with van der Waals surface area (Å²) in [6, 6.07) is 7.65. The van der Waals surface area contributed by atoms with E-state index in [-0.39, 0.29) is 5.69 Å². The van der Waals surface area contributed by atoms with Gasteiger partial charge in [-0.1, -0.05) is 6.07 Å². The fourth-order valence-electron chi connectivity index (χ4n) is 4.59. The third-order valence-corrected chi connectivity index (χ3v) is 6.73. The van der Waals surface area contributed by atoms with Crippen LogP contribution in [0.2, 0.25) is 0 Å². The number of rotatable bonds is 8. The molecule has 9 heteroatoms. The minimum absolute atomic E-state index is 0.229. The van der Waals surface area contributed by atoms with E-state index in [0.29, 0.717) is 24.3 Å². The lowest BCUT2D eigenvalue weighted by molar-refractivity contribution is 0.388. The van der Waals surface area contributed by atoms with E-state index >= 15 is 0 Å². The number of likely N-dealkylation sites (N-methyl/N-ethyl adjacent to an activating group) is 1. The van der Waals surface area contributed by atoms with Gasteiger partial charge in [0.15, 0.2) is 0 Å². The van der Waals surface area contributed by atoms with E-state index in [0.717, 1.165) is 60.6 Å². The lowest BCUT2D eigenvalue weighted by Crippen LogP contribution is -2.39. The van der Waals surface area contributed by atoms with Crippen LogP contribution >= 0.6 is 0 Å². The van der Waals surface area contributed by atoms with E-state index in [1.165, 1.54) is 18.2 Å². The number of benzene rings is 1. The molecule has 2 fully saturated rings. The number of hydrogen-bond acceptors (Lipinski definition) is 6. The second-order valence-corrected chi connectivity index (χ2v) is 9.22. The molecule has 0 spiro atoms. The minimum atomic E-state index is -0.677. The molecule has 36 heavy (non-hydrogen) atoms. The van der Waals surface area contributed by atoms with Crippen LogP contribution in [0.1, 0.15) is 41.9 Å². The Bertz CT molecular complexity index is 1260. The van der Waals surface area contributed by atoms with Crippen LogP contribution < -0.4 is 10.6 Å². The van der Waals surface area contributed by atoms with Crippen molar-refractivity contribution in [1.82, 2.24) is 20.2 Å². The monoisotopic (exact) mass is 489 g/mol. The van der Waals surface area contributed by atoms with Crippen LogP contribution in [0.25, 0.3) is 0 Å². The molecule has 1 saturated heterocycles. The van der Waals surface area contributed by atoms with Gasteiger partial charge in [-0.2, -0.15) is 0 Å². The van der Waals surface area contributed by atoms with Crippen molar-refractivity contribution in [3.63, 3.8) is 0 Å². The number of para-hydroxylation sites is 1. The van der Waals surface area contributed by atoms with Crippen molar-refractivity contribution >= 4 is 29.7 Å². The standard InChI is InChI=1S/C27H29F2N7/c1-30-23-16-32-15-20(18-6-7-18)25(23)27(36(2)19-9-10-31-14-19)34-13-17-8-11-33-24(12-17)35-26-21(28)4-3-5-22(26)29/h3-5,8,11-12,15-16,18-19,31H,1,6-7,9-10,13-14H2,2H3,(H,33,35)/b34-27+. The molecular weight excluding hydrogens is 460 g/mol. The third-order valence-electron chi connectivity index (χ3n) is 6.73. The van der Waals surface area contributed by atoms with Gasteiger partial charge in [-0.3, -0.25) is 15.0 Å². The number of hydrogen-bond donors (Lipinski definition) is 2. The van der Waals surface area contributed by atoms with Gasteiger partial charge in [-0.05, 0) is 73.8 Å². The second-order valence-electron chi connectivity index (χ2n) is 9.22. The Morgan fingerprint density at radius 1 is 1.19 bits per heavy atom. The maximum absolute atomic E-state index is 14.1. The van der Waals surface area contributed by atoms with E-state index < -0.39 is 11.6 Å². The maximum atomic E-state index is 14.1. The molecule has 5 rings (SSSR count). The van der Waals surface area contributed by atoms with Crippen molar-refractivity contribution in [2.45, 2.75) is 37.8 Å². The molecule has 0 bridgehead atoms. The summed E-state index contributed by atoms with van der Waals surface area (Å²) in [4.78, 5) is 20.2. The predicted octanol–water partition coefficient (Wildman–Crippen LogP) is 4.95. The summed E-state index contributed by atoms with van der Waals surface area (Å²) in [6.07, 6.45) is 8.55. The number of pyridine rings is 2. The van der Waals surface area contributed by atoms with Crippen LogP contribution in [0.4, 0.5) is 26.0 Å². The quantitative estimate of drug-likeness (QED) is 0.346. The first kappa shape index (κ1) is 24.0. The normalized spacial score (nSPS) is 17.8. The van der Waals surface area contributed by atoms with Crippen LogP contribution in [-0.4, -0.2) is 53.6 Å². The average molecular weight is 490 g/mol. The number of aromatic nitrogens is 2. The van der Waals surface area contributed by atoms with Crippen molar-refractivity contribution in [2.24, 2.45) is 9.98 Å². The molecule has 0 amide bonds. The highest BCUT2D eigenvalue weighted by molar-refractivity contribution is 6.04. The zero-order valence-electron chi connectivity index (χ0n) is 20.2. The Morgan fingerprint density at radius 3 is 2.69 bits per heavy atom. The highest BCUT2D eigenvalue weighted by atomic mass is 19.1. The lowest BCUT2D eigenvalue weighted by atomic mass is 10.0. The van der Waals surface area contributed by atoms with Crippen LogP contribution in [0.3, 0.4) is 0 Å². The van der Waals surface area contributed by atoms with Gasteiger partial charge in [-0.15, -0.1) is 0 Å². The smallest absolute Gasteiger partial charge is 0.149 e. The van der Waals surface area contributed by atoms with E-state index in [1.54, 1.807) is 18.5 Å². The first-order valence-corrected chi connectivity index (χ1v) is 12.1. The number of halogens is 2. The van der Waals surface area contributed by atoms with Gasteiger partial charge in [0.05, 0.1) is 18.4 Å². The van der Waals surface area contributed by atoms with Crippen molar-refractivity contribution < 1.29 is 8.78 Å². The van der Waals surface area contributed by atoms with Crippen LogP contribution in [0.15, 0.2) is 58.9 Å². The van der Waals surface area contributed by atoms with Crippen LogP contribution in [0, 0.1) is 11.6 Å². The van der Waals surface area contributed by atoms with Gasteiger partial charge in [0, 0.05) is 37.6 Å². The fraction of sp³-hybridized carbons (Fsp3) is 0.333. The number of nitrogens with zero attached hydrogens (tertiary/aromatic N) is 5. The SMILES string of the molecule is C=Nc1cncc(C2CC2)c1/C(=N\Cc1ccnc(Nc2c(F)cccc2F)c1)N(C)C1CCNC1. The van der Waals surface area contributed by atoms with E-state index in [1.807, 2.05) is 12.3 Å². The molecule has 1 atom stereocenters. The molecule has 1 aliphatic carbocycles. The first-order valence-electron chi connectivity index (χ1n) is 12.1. The molecule has 1 saturated carbocycles. The van der Waals surface area contributed by atoms with Crippen molar-refractivity contribution in [3.8, 4) is 0 Å². The van der Waals surface area contributed by atoms with Crippen molar-refractivity contribution in [2.75, 3.05) is 25.5 Å². The molecular formula is C27H29F2N7. The van der Waals surface area contributed by atoms with Gasteiger partial charge in [-0.25, -0.2) is 13.8 Å². The Kier molecular flexibility index (Phi) is 6.99. The molecule has 1 unspecified atom stereocenters. The highest BCUT2D eigenvalue weighted by Gasteiger charge is 2.32. The summed E-state index contributed by atoms with van der Waals surface area (Å²) in [6.45, 7) is 5.99. The number of nitrogens with one attached hydrogen (secondary N) is 2. The Morgan fingerprint density at radius 2 is 2.00 bits per heavy atom. The zero-order valence-corrected chi connectivity index (χ0v) is 20.2. The fourth-order valence-corrected chi connectivity index (χ4v) is 4.59. The first-order chi connectivity index (χ1) is 17.5. The Balaban J connectivity index is 1.48. The van der Waals surface area contributed by atoms with Gasteiger partial charge < -0.3 is 15.5 Å². The summed E-state index contributed by atoms with van der Waals surface area (Å²) in [7, 11) is 2.07. The van der Waals surface area contributed by atoms with Crippen LogP contribution in [-0.2, 0) is 6.54 Å². The third kappa shape index (κ3) is 5.11. The molecule has 3 aromatic rings. The summed E-state index contributed by atoms with van der Waals surface area (Å²) in [5.74, 6) is 0.300. The van der Waals surface area contributed by atoms with E-state index in [9.17, 15) is 8.78 Å². The van der Waals surface area contributed by atoms with Gasteiger partial charge in [0.2, 0.25) is 0 Å². The summed E-state index contributed by atoms with van der Waals surface area (Å²) in [5.41, 5.74) is 3.49. The van der Waals surface area contributed by atoms with Gasteiger partial charge >= 0.3 is 0 Å². The maximum Gasteiger partial charge on any atom is 0.149 e. The van der Waals surface area contributed by atoms with Gasteiger partial charge in [0.25, 0.3) is 0 Å². The summed E-state index contributed by atoms with van der Waals surface area (Å²) in [5, 5.41) is 6.19. The Labute approximate surface area is 209 Å². The molecule has 186 valence electrons. The summed E-state index contributed by atoms with van der Waals surface area (Å²) >= 11 is 0. The second kappa shape index (κ2) is 10.5. The molecule has 0 radical (unpaired) electrons. The average Bonchev–Trinajstić information content (AvgIpc) is 3.59. The summed E-state index contributed by atoms with van der Waals surface area (Å²) < 4.78 is 28.2. The lowest BCUT2D eigenvalue weighted by Gasteiger charge is -2.29.